The van der Waals surface area contributed by atoms with Gasteiger partial charge in [0, 0.05) is 45.4 Å². The summed E-state index contributed by atoms with van der Waals surface area (Å²) in [4.78, 5) is 24.0. The van der Waals surface area contributed by atoms with Crippen molar-refractivity contribution in [1.82, 2.24) is 15.3 Å². The molecule has 4 rings (SSSR count). The Morgan fingerprint density at radius 3 is 2.38 bits per heavy atom. The maximum Gasteiger partial charge on any atom is 0.195 e. The van der Waals surface area contributed by atoms with E-state index in [1.165, 1.54) is 0 Å². The number of aromatic amines is 1. The Labute approximate surface area is 187 Å². The number of hydrogen-bond acceptors (Lipinski definition) is 7. The highest BCUT2D eigenvalue weighted by Crippen LogP contribution is 2.44. The van der Waals surface area contributed by atoms with Crippen molar-refractivity contribution in [1.29, 1.82) is 0 Å². The van der Waals surface area contributed by atoms with Crippen LogP contribution in [0.2, 0.25) is 0 Å². The average Bonchev–Trinajstić information content (AvgIpc) is 3.33. The minimum Gasteiger partial charge on any atom is -0.497 e. The first-order valence-electron chi connectivity index (χ1n) is 10.4. The van der Waals surface area contributed by atoms with Crippen molar-refractivity contribution in [3.05, 3.63) is 54.1 Å². The smallest absolute Gasteiger partial charge is 0.195 e. The van der Waals surface area contributed by atoms with Crippen molar-refractivity contribution in [2.45, 2.75) is 18.9 Å². The van der Waals surface area contributed by atoms with Gasteiger partial charge in [0.25, 0.3) is 0 Å². The highest BCUT2D eigenvalue weighted by atomic mass is 16.5. The summed E-state index contributed by atoms with van der Waals surface area (Å²) in [5, 5.41) is 3.24. The zero-order valence-electron chi connectivity index (χ0n) is 19.0. The molecular formula is C24H28N4O4. The van der Waals surface area contributed by atoms with Crippen molar-refractivity contribution in [3.8, 4) is 11.5 Å². The number of Topliss-reactive ketones (excluding diaryl/α,β-unsaturated/α-hetero) is 1. The molecule has 0 radical (unpaired) electrons. The molecule has 0 aliphatic carbocycles. The number of aromatic nitrogens is 2. The molecule has 8 heteroatoms. The van der Waals surface area contributed by atoms with Crippen LogP contribution < -0.4 is 19.7 Å². The van der Waals surface area contributed by atoms with E-state index in [4.69, 9.17) is 19.2 Å². The number of fused-ring (bicyclic) bond motifs is 1. The Morgan fingerprint density at radius 2 is 1.78 bits per heavy atom. The van der Waals surface area contributed by atoms with Crippen LogP contribution in [0.1, 0.15) is 19.2 Å². The number of anilines is 1. The molecule has 3 aromatic rings. The van der Waals surface area contributed by atoms with Gasteiger partial charge in [-0.25, -0.2) is 4.98 Å². The number of carbonyl (C=O) groups excluding carboxylic acids is 1. The van der Waals surface area contributed by atoms with Crippen LogP contribution in [0.3, 0.4) is 0 Å². The van der Waals surface area contributed by atoms with Gasteiger partial charge in [-0.15, -0.1) is 0 Å². The lowest BCUT2D eigenvalue weighted by molar-refractivity contribution is -0.117. The lowest BCUT2D eigenvalue weighted by Crippen LogP contribution is -2.49. The number of nitrogens with zero attached hydrogens (tertiary/aromatic N) is 2. The monoisotopic (exact) mass is 436 g/mol. The molecule has 0 fully saturated rings. The number of benzene rings is 2. The van der Waals surface area contributed by atoms with E-state index in [0.717, 1.165) is 16.7 Å². The first-order valence-corrected chi connectivity index (χ1v) is 10.4. The van der Waals surface area contributed by atoms with E-state index in [0.29, 0.717) is 41.7 Å². The van der Waals surface area contributed by atoms with Gasteiger partial charge in [0.05, 0.1) is 30.9 Å². The molecule has 8 nitrogen and oxygen atoms in total. The van der Waals surface area contributed by atoms with Crippen molar-refractivity contribution < 1.29 is 19.0 Å². The molecule has 1 aromatic heterocycles. The van der Waals surface area contributed by atoms with Gasteiger partial charge in [0.15, 0.2) is 5.78 Å². The van der Waals surface area contributed by atoms with Crippen LogP contribution in [0.25, 0.3) is 16.6 Å². The lowest BCUT2D eigenvalue weighted by Gasteiger charge is -2.37. The number of methoxy groups -OCH3 is 3. The zero-order valence-corrected chi connectivity index (χ0v) is 19.0. The minimum atomic E-state index is -0.903. The average molecular weight is 437 g/mol. The molecule has 2 N–H and O–H groups in total. The van der Waals surface area contributed by atoms with E-state index >= 15 is 0 Å². The molecule has 1 atom stereocenters. The summed E-state index contributed by atoms with van der Waals surface area (Å²) in [6.07, 6.45) is 0.483. The normalized spacial score (nSPS) is 18.5. The van der Waals surface area contributed by atoms with Crippen molar-refractivity contribution in [3.63, 3.8) is 0 Å². The number of hydrogen-bond donors (Lipinski definition) is 2. The molecule has 0 spiro atoms. The molecule has 0 saturated carbocycles. The summed E-state index contributed by atoms with van der Waals surface area (Å²) < 4.78 is 16.3. The fraction of sp³-hybridized carbons (Fsp3) is 0.333. The van der Waals surface area contributed by atoms with Gasteiger partial charge in [0.1, 0.15) is 34.3 Å². The van der Waals surface area contributed by atoms with Gasteiger partial charge < -0.3 is 29.4 Å². The second-order valence-corrected chi connectivity index (χ2v) is 7.83. The van der Waals surface area contributed by atoms with Crippen LogP contribution in [0.15, 0.2) is 48.3 Å². The highest BCUT2D eigenvalue weighted by molar-refractivity contribution is 6.30. The number of imidazole rings is 1. The van der Waals surface area contributed by atoms with Gasteiger partial charge >= 0.3 is 0 Å². The fourth-order valence-corrected chi connectivity index (χ4v) is 4.23. The molecule has 0 unspecified atom stereocenters. The third-order valence-corrected chi connectivity index (χ3v) is 5.92. The van der Waals surface area contributed by atoms with Gasteiger partial charge in [-0.1, -0.05) is 12.1 Å². The Hall–Kier alpha value is -3.52. The number of ether oxygens (including phenoxy) is 3. The number of carbonyl (C=O) groups is 1. The van der Waals surface area contributed by atoms with E-state index in [2.05, 4.69) is 10.3 Å². The van der Waals surface area contributed by atoms with Crippen LogP contribution in [0.5, 0.6) is 11.5 Å². The standard InChI is InChI=1S/C24H28N4O4/c1-24(10-11-30-3)21(29)20(22-26-18-8-6-7-9-19(18)27-22)23(25-2)28(24)15-12-16(31-4)14-17(13-15)32-5/h6-9,12-14,25H,10-11H2,1-5H3,(H,26,27)/t24-/m0/s1. The van der Waals surface area contributed by atoms with Crippen molar-refractivity contribution in [2.24, 2.45) is 0 Å². The molecule has 0 saturated heterocycles. The maximum atomic E-state index is 14.0. The highest BCUT2D eigenvalue weighted by Gasteiger charge is 2.51. The maximum absolute atomic E-state index is 14.0. The summed E-state index contributed by atoms with van der Waals surface area (Å²) in [5.41, 5.74) is 2.05. The molecule has 0 amide bonds. The van der Waals surface area contributed by atoms with E-state index in [9.17, 15) is 4.79 Å². The second kappa shape index (κ2) is 8.55. The topological polar surface area (TPSA) is 88.7 Å². The summed E-state index contributed by atoms with van der Waals surface area (Å²) in [6.45, 7) is 2.34. The third kappa shape index (κ3) is 3.46. The molecule has 2 heterocycles. The molecule has 1 aliphatic rings. The number of rotatable bonds is 8. The molecule has 2 aromatic carbocycles. The summed E-state index contributed by atoms with van der Waals surface area (Å²) in [5.74, 6) is 2.41. The second-order valence-electron chi connectivity index (χ2n) is 7.83. The Bertz CT molecular complexity index is 1130. The largest absolute Gasteiger partial charge is 0.497 e. The van der Waals surface area contributed by atoms with Gasteiger partial charge in [-0.05, 0) is 19.1 Å². The first-order chi connectivity index (χ1) is 15.5. The van der Waals surface area contributed by atoms with Crippen LogP contribution in [0.4, 0.5) is 5.69 Å². The van der Waals surface area contributed by atoms with E-state index in [-0.39, 0.29) is 5.78 Å². The fourth-order valence-electron chi connectivity index (χ4n) is 4.23. The quantitative estimate of drug-likeness (QED) is 0.560. The number of H-pyrrole nitrogens is 1. The Kier molecular flexibility index (Phi) is 5.80. The molecule has 1 aliphatic heterocycles. The van der Waals surface area contributed by atoms with E-state index in [1.807, 2.05) is 48.2 Å². The van der Waals surface area contributed by atoms with Crippen LogP contribution in [-0.4, -0.2) is 56.3 Å². The van der Waals surface area contributed by atoms with Gasteiger partial charge in [-0.2, -0.15) is 0 Å². The predicted octanol–water partition coefficient (Wildman–Crippen LogP) is 3.35. The number of ketones is 1. The van der Waals surface area contributed by atoms with Crippen molar-refractivity contribution >= 4 is 28.1 Å². The van der Waals surface area contributed by atoms with Gasteiger partial charge in [0.2, 0.25) is 0 Å². The minimum absolute atomic E-state index is 0.0419. The van der Waals surface area contributed by atoms with E-state index < -0.39 is 5.54 Å². The van der Waals surface area contributed by atoms with Crippen molar-refractivity contribution in [2.75, 3.05) is 39.9 Å². The first kappa shape index (κ1) is 21.7. The van der Waals surface area contributed by atoms with Crippen LogP contribution in [-0.2, 0) is 9.53 Å². The SMILES string of the molecule is CNC1=C(c2nc3ccccc3[nH]2)C(=O)[C@](C)(CCOC)N1c1cc(OC)cc(OC)c1. The Morgan fingerprint density at radius 1 is 1.09 bits per heavy atom. The van der Waals surface area contributed by atoms with E-state index in [1.54, 1.807) is 34.4 Å². The zero-order chi connectivity index (χ0) is 22.9. The number of nitrogens with one attached hydrogen (secondary N) is 2. The molecular weight excluding hydrogens is 408 g/mol. The van der Waals surface area contributed by atoms with Gasteiger partial charge in [-0.3, -0.25) is 4.79 Å². The third-order valence-electron chi connectivity index (χ3n) is 5.92. The number of para-hydroxylation sites is 2. The van der Waals surface area contributed by atoms with Crippen LogP contribution >= 0.6 is 0 Å². The molecule has 168 valence electrons. The molecule has 0 bridgehead atoms. The predicted molar refractivity (Wildman–Crippen MR) is 124 cm³/mol. The summed E-state index contributed by atoms with van der Waals surface area (Å²) in [6, 6.07) is 13.3. The Balaban J connectivity index is 1.94. The van der Waals surface area contributed by atoms with Crippen LogP contribution in [0, 0.1) is 0 Å². The lowest BCUT2D eigenvalue weighted by atomic mass is 9.90. The summed E-state index contributed by atoms with van der Waals surface area (Å²) >= 11 is 0. The summed E-state index contributed by atoms with van der Waals surface area (Å²) in [7, 11) is 6.64. The molecule has 32 heavy (non-hydrogen) atoms.